The van der Waals surface area contributed by atoms with E-state index >= 15 is 0 Å². The van der Waals surface area contributed by atoms with Crippen LogP contribution in [0.15, 0.2) is 30.3 Å². The number of hydrogen-bond donors (Lipinski definition) is 3. The van der Waals surface area contributed by atoms with Gasteiger partial charge in [-0.1, -0.05) is 45.4 Å². The summed E-state index contributed by atoms with van der Waals surface area (Å²) in [4.78, 5) is 42.7. The van der Waals surface area contributed by atoms with Gasteiger partial charge in [-0.3, -0.25) is 14.4 Å². The lowest BCUT2D eigenvalue weighted by Gasteiger charge is -2.37. The second-order valence-electron chi connectivity index (χ2n) is 10.3. The van der Waals surface area contributed by atoms with Crippen molar-refractivity contribution in [1.29, 1.82) is 0 Å². The molecule has 2 unspecified atom stereocenters. The van der Waals surface area contributed by atoms with Crippen molar-refractivity contribution < 1.29 is 19.5 Å². The first-order valence-corrected chi connectivity index (χ1v) is 13.5. The zero-order chi connectivity index (χ0) is 24.5. The van der Waals surface area contributed by atoms with Crippen molar-refractivity contribution in [2.24, 2.45) is 17.8 Å². The van der Waals surface area contributed by atoms with Gasteiger partial charge in [-0.05, 0) is 43.7 Å². The number of anilines is 1. The van der Waals surface area contributed by atoms with Gasteiger partial charge in [-0.25, -0.2) is 0 Å². The van der Waals surface area contributed by atoms with Crippen LogP contribution < -0.4 is 10.6 Å². The molecule has 3 saturated heterocycles. The van der Waals surface area contributed by atoms with E-state index in [4.69, 9.17) is 0 Å². The number of aliphatic hydroxyl groups excluding tert-OH is 1. The number of carbonyl (C=O) groups is 3. The summed E-state index contributed by atoms with van der Waals surface area (Å²) in [6.07, 6.45) is 3.99. The van der Waals surface area contributed by atoms with E-state index in [1.165, 1.54) is 0 Å². The molecular weight excluding hydrogens is 450 g/mol. The third-order valence-corrected chi connectivity index (χ3v) is 9.46. The molecule has 186 valence electrons. The molecule has 1 aromatic rings. The van der Waals surface area contributed by atoms with Gasteiger partial charge in [0, 0.05) is 17.5 Å². The fourth-order valence-corrected chi connectivity index (χ4v) is 8.34. The number of carbonyl (C=O) groups excluding carboxylic acids is 3. The van der Waals surface area contributed by atoms with Crippen molar-refractivity contribution in [3.8, 4) is 0 Å². The Hall–Kier alpha value is -2.06. The van der Waals surface area contributed by atoms with Crippen molar-refractivity contribution in [3.05, 3.63) is 30.3 Å². The molecule has 0 radical (unpaired) electrons. The molecule has 3 aliphatic rings. The topological polar surface area (TPSA) is 98.7 Å². The molecular formula is C26H37N3O4S. The van der Waals surface area contributed by atoms with E-state index in [2.05, 4.69) is 31.4 Å². The number of benzene rings is 1. The lowest BCUT2D eigenvalue weighted by atomic mass is 9.70. The molecule has 3 aliphatic heterocycles. The summed E-state index contributed by atoms with van der Waals surface area (Å²) in [5.41, 5.74) is 0.707. The Morgan fingerprint density at radius 2 is 1.97 bits per heavy atom. The zero-order valence-corrected chi connectivity index (χ0v) is 21.1. The highest BCUT2D eigenvalue weighted by Crippen LogP contribution is 2.66. The number of likely N-dealkylation sites (tertiary alicyclic amines) is 1. The van der Waals surface area contributed by atoms with Gasteiger partial charge in [0.05, 0.1) is 29.2 Å². The maximum Gasteiger partial charge on any atom is 0.244 e. The third-order valence-electron chi connectivity index (χ3n) is 7.51. The summed E-state index contributed by atoms with van der Waals surface area (Å²) in [6.45, 7) is 6.54. The van der Waals surface area contributed by atoms with Crippen molar-refractivity contribution in [1.82, 2.24) is 10.2 Å². The van der Waals surface area contributed by atoms with Crippen LogP contribution in [0.3, 0.4) is 0 Å². The molecule has 3 fully saturated rings. The van der Waals surface area contributed by atoms with Crippen LogP contribution in [0, 0.1) is 17.8 Å². The second-order valence-corrected chi connectivity index (χ2v) is 11.9. The van der Waals surface area contributed by atoms with Crippen LogP contribution in [-0.4, -0.2) is 63.0 Å². The summed E-state index contributed by atoms with van der Waals surface area (Å²) in [5.74, 6) is -1.24. The molecule has 0 saturated carbocycles. The highest BCUT2D eigenvalue weighted by atomic mass is 32.2. The second kappa shape index (κ2) is 10.3. The molecule has 7 nitrogen and oxygen atoms in total. The molecule has 4 rings (SSSR count). The molecule has 2 bridgehead atoms. The number of hydrogen-bond acceptors (Lipinski definition) is 5. The van der Waals surface area contributed by atoms with Crippen molar-refractivity contribution in [2.45, 2.75) is 75.0 Å². The molecule has 0 aliphatic carbocycles. The first-order chi connectivity index (χ1) is 16.3. The van der Waals surface area contributed by atoms with Gasteiger partial charge in [0.1, 0.15) is 6.04 Å². The van der Waals surface area contributed by atoms with Gasteiger partial charge >= 0.3 is 0 Å². The minimum Gasteiger partial charge on any atom is -0.394 e. The number of thioether (sulfide) groups is 1. The summed E-state index contributed by atoms with van der Waals surface area (Å²) in [7, 11) is 0. The van der Waals surface area contributed by atoms with E-state index in [1.54, 1.807) is 16.7 Å². The van der Waals surface area contributed by atoms with Gasteiger partial charge in [-0.2, -0.15) is 0 Å². The van der Waals surface area contributed by atoms with Crippen molar-refractivity contribution in [2.75, 3.05) is 18.5 Å². The van der Waals surface area contributed by atoms with E-state index in [0.717, 1.165) is 25.7 Å². The molecule has 6 atom stereocenters. The van der Waals surface area contributed by atoms with Crippen LogP contribution >= 0.6 is 11.8 Å². The number of unbranched alkanes of at least 4 members (excludes halogenated alkanes) is 1. The zero-order valence-electron chi connectivity index (χ0n) is 20.3. The van der Waals surface area contributed by atoms with Crippen LogP contribution in [-0.2, 0) is 14.4 Å². The van der Waals surface area contributed by atoms with Crippen LogP contribution in [0.25, 0.3) is 0 Å². The molecule has 1 aromatic carbocycles. The number of nitrogens with zero attached hydrogens (tertiary/aromatic N) is 1. The van der Waals surface area contributed by atoms with Crippen LogP contribution in [0.2, 0.25) is 0 Å². The van der Waals surface area contributed by atoms with Gasteiger partial charge in [-0.15, -0.1) is 11.8 Å². The fraction of sp³-hybridized carbons (Fsp3) is 0.654. The maximum atomic E-state index is 14.0. The number of nitrogens with one attached hydrogen (secondary N) is 2. The van der Waals surface area contributed by atoms with E-state index in [1.807, 2.05) is 30.3 Å². The van der Waals surface area contributed by atoms with E-state index < -0.39 is 28.7 Å². The van der Waals surface area contributed by atoms with Crippen LogP contribution in [0.1, 0.15) is 52.9 Å². The normalized spacial score (nSPS) is 30.5. The monoisotopic (exact) mass is 487 g/mol. The van der Waals surface area contributed by atoms with Gasteiger partial charge in [0.15, 0.2) is 0 Å². The number of aliphatic hydroxyl groups is 1. The Morgan fingerprint density at radius 1 is 1.24 bits per heavy atom. The largest absolute Gasteiger partial charge is 0.394 e. The summed E-state index contributed by atoms with van der Waals surface area (Å²) < 4.78 is -0.624. The Kier molecular flexibility index (Phi) is 7.57. The SMILES string of the molecule is CCCCNC(=O)C1N([C@@H](CO)CC(C)C)C(=O)[C@@H]2[C@@H](C(=O)Nc3ccccc3)[C@H]3CCC12S3. The number of amides is 3. The van der Waals surface area contributed by atoms with Crippen LogP contribution in [0.4, 0.5) is 5.69 Å². The highest BCUT2D eigenvalue weighted by Gasteiger charge is 2.74. The molecule has 1 spiro atoms. The highest BCUT2D eigenvalue weighted by molar-refractivity contribution is 8.02. The lowest BCUT2D eigenvalue weighted by Crippen LogP contribution is -2.56. The first-order valence-electron chi connectivity index (χ1n) is 12.6. The molecule has 3 N–H and O–H groups in total. The number of fused-ring (bicyclic) bond motifs is 1. The number of para-hydroxylation sites is 1. The lowest BCUT2D eigenvalue weighted by molar-refractivity contribution is -0.142. The Balaban J connectivity index is 1.67. The quantitative estimate of drug-likeness (QED) is 0.441. The molecule has 0 aromatic heterocycles. The predicted octanol–water partition coefficient (Wildman–Crippen LogP) is 3.04. The average Bonchev–Trinajstić information content (AvgIpc) is 3.45. The van der Waals surface area contributed by atoms with Crippen molar-refractivity contribution in [3.63, 3.8) is 0 Å². The van der Waals surface area contributed by atoms with E-state index in [9.17, 15) is 19.5 Å². The predicted molar refractivity (Wildman–Crippen MR) is 134 cm³/mol. The van der Waals surface area contributed by atoms with Gasteiger partial charge < -0.3 is 20.6 Å². The minimum atomic E-state index is -0.665. The van der Waals surface area contributed by atoms with Gasteiger partial charge in [0.2, 0.25) is 17.7 Å². The maximum absolute atomic E-state index is 14.0. The van der Waals surface area contributed by atoms with E-state index in [-0.39, 0.29) is 35.5 Å². The Bertz CT molecular complexity index is 911. The molecule has 8 heteroatoms. The smallest absolute Gasteiger partial charge is 0.244 e. The summed E-state index contributed by atoms with van der Waals surface area (Å²) in [6, 6.07) is 8.19. The first kappa shape index (κ1) is 25.0. The third kappa shape index (κ3) is 4.35. The molecule has 3 heterocycles. The summed E-state index contributed by atoms with van der Waals surface area (Å²) >= 11 is 1.66. The van der Waals surface area contributed by atoms with E-state index in [0.29, 0.717) is 18.7 Å². The van der Waals surface area contributed by atoms with Crippen molar-refractivity contribution >= 4 is 35.2 Å². The minimum absolute atomic E-state index is 0.0171. The number of rotatable bonds is 10. The fourth-order valence-electron chi connectivity index (χ4n) is 6.14. The Labute approximate surface area is 206 Å². The van der Waals surface area contributed by atoms with Gasteiger partial charge in [0.25, 0.3) is 0 Å². The van der Waals surface area contributed by atoms with Crippen LogP contribution in [0.5, 0.6) is 0 Å². The standard InChI is InChI=1S/C26H37N3O4S/c1-4-5-13-27-24(32)22-26-12-11-19(34-26)20(23(31)28-17-9-7-6-8-10-17)21(26)25(33)29(22)18(15-30)14-16(2)3/h6-10,16,18-22,30H,4-5,11-15H2,1-3H3,(H,27,32)(H,28,31)/t18-,19-,20+,21+,22?,26?/m1/s1. The molecule has 3 amide bonds. The summed E-state index contributed by atoms with van der Waals surface area (Å²) in [5, 5.41) is 16.3. The Morgan fingerprint density at radius 3 is 2.62 bits per heavy atom. The molecule has 34 heavy (non-hydrogen) atoms. The average molecular weight is 488 g/mol.